The topological polar surface area (TPSA) is 34.1 Å². The van der Waals surface area contributed by atoms with Gasteiger partial charge in [-0.05, 0) is 24.8 Å². The van der Waals surface area contributed by atoms with E-state index in [1.54, 1.807) is 0 Å². The van der Waals surface area contributed by atoms with Crippen molar-refractivity contribution < 1.29 is 4.74 Å². The van der Waals surface area contributed by atoms with Crippen molar-refractivity contribution in [2.45, 2.75) is 39.3 Å². The molecule has 2 aromatic rings. The first-order chi connectivity index (χ1) is 9.63. The Morgan fingerprint density at radius 1 is 1.30 bits per heavy atom. The van der Waals surface area contributed by atoms with Gasteiger partial charge in [-0.15, -0.1) is 0 Å². The second kappa shape index (κ2) is 5.06. The van der Waals surface area contributed by atoms with E-state index in [0.717, 1.165) is 18.8 Å². The Hall–Kier alpha value is -1.61. The maximum Gasteiger partial charge on any atom is 0.134 e. The van der Waals surface area contributed by atoms with Crippen LogP contribution < -0.4 is 5.32 Å². The Morgan fingerprint density at radius 2 is 2.10 bits per heavy atom. The number of ether oxygens (including phenoxy) is 1. The molecule has 1 aromatic carbocycles. The summed E-state index contributed by atoms with van der Waals surface area (Å²) in [6.45, 7) is 7.37. The van der Waals surface area contributed by atoms with Crippen LogP contribution in [0.1, 0.15) is 27.2 Å². The molecule has 1 saturated carbocycles. The van der Waals surface area contributed by atoms with Crippen LogP contribution in [0.25, 0.3) is 10.8 Å². The zero-order chi connectivity index (χ0) is 14.2. The minimum Gasteiger partial charge on any atom is -0.378 e. The lowest BCUT2D eigenvalue weighted by Crippen LogP contribution is -2.58. The lowest BCUT2D eigenvalue weighted by molar-refractivity contribution is -0.0976. The quantitative estimate of drug-likeness (QED) is 0.916. The first-order valence-electron chi connectivity index (χ1n) is 7.35. The van der Waals surface area contributed by atoms with Crippen LogP contribution in [0.15, 0.2) is 36.5 Å². The minimum atomic E-state index is 0.147. The number of hydrogen-bond acceptors (Lipinski definition) is 3. The lowest BCUT2D eigenvalue weighted by Gasteiger charge is -2.51. The van der Waals surface area contributed by atoms with E-state index in [2.05, 4.69) is 61.4 Å². The number of nitrogens with zero attached hydrogens (tertiary/aromatic N) is 1. The normalized spacial score (nSPS) is 24.4. The molecule has 20 heavy (non-hydrogen) atoms. The highest BCUT2D eigenvalue weighted by Crippen LogP contribution is 2.44. The molecule has 0 spiro atoms. The maximum atomic E-state index is 5.79. The fourth-order valence-corrected chi connectivity index (χ4v) is 3.01. The third-order valence-corrected chi connectivity index (χ3v) is 4.53. The average molecular weight is 270 g/mol. The van der Waals surface area contributed by atoms with Gasteiger partial charge in [0.25, 0.3) is 0 Å². The van der Waals surface area contributed by atoms with E-state index >= 15 is 0 Å². The van der Waals surface area contributed by atoms with E-state index in [-0.39, 0.29) is 5.41 Å². The number of aromatic nitrogens is 1. The number of rotatable bonds is 4. The summed E-state index contributed by atoms with van der Waals surface area (Å²) < 4.78 is 5.79. The Balaban J connectivity index is 1.81. The van der Waals surface area contributed by atoms with Crippen LogP contribution in [0.3, 0.4) is 0 Å². The summed E-state index contributed by atoms with van der Waals surface area (Å²) in [5.74, 6) is 0.983. The lowest BCUT2D eigenvalue weighted by atomic mass is 9.64. The Morgan fingerprint density at radius 3 is 2.85 bits per heavy atom. The number of benzene rings is 1. The van der Waals surface area contributed by atoms with E-state index in [4.69, 9.17) is 4.74 Å². The molecule has 1 aliphatic carbocycles. The van der Waals surface area contributed by atoms with Crippen LogP contribution in [0.2, 0.25) is 0 Å². The van der Waals surface area contributed by atoms with E-state index in [1.165, 1.54) is 10.8 Å². The molecule has 0 radical (unpaired) electrons. The molecule has 1 fully saturated rings. The molecule has 3 heteroatoms. The summed E-state index contributed by atoms with van der Waals surface area (Å²) in [4.78, 5) is 4.51. The molecule has 2 atom stereocenters. The van der Waals surface area contributed by atoms with Crippen molar-refractivity contribution in [3.8, 4) is 0 Å². The minimum absolute atomic E-state index is 0.147. The van der Waals surface area contributed by atoms with Crippen molar-refractivity contribution >= 4 is 16.6 Å². The van der Waals surface area contributed by atoms with Crippen LogP contribution in [0, 0.1) is 5.41 Å². The Bertz CT molecular complexity index is 603. The van der Waals surface area contributed by atoms with Gasteiger partial charge in [0.1, 0.15) is 5.82 Å². The summed E-state index contributed by atoms with van der Waals surface area (Å²) in [6.07, 6.45) is 3.27. The summed E-state index contributed by atoms with van der Waals surface area (Å²) in [6, 6.07) is 10.8. The predicted octanol–water partition coefficient (Wildman–Crippen LogP) is 3.85. The number of pyridine rings is 1. The highest BCUT2D eigenvalue weighted by atomic mass is 16.5. The van der Waals surface area contributed by atoms with Gasteiger partial charge in [-0.2, -0.15) is 0 Å². The standard InChI is InChI=1S/C17H22N2O/c1-4-20-15-11-14(17(15,2)3)19-16-13-8-6-5-7-12(13)9-10-18-16/h5-10,14-15H,4,11H2,1-3H3,(H,18,19). The van der Waals surface area contributed by atoms with E-state index in [0.29, 0.717) is 12.1 Å². The molecule has 3 nitrogen and oxygen atoms in total. The van der Waals surface area contributed by atoms with Gasteiger partial charge in [0, 0.05) is 29.6 Å². The van der Waals surface area contributed by atoms with Crippen molar-refractivity contribution in [2.24, 2.45) is 5.41 Å². The van der Waals surface area contributed by atoms with Gasteiger partial charge in [0.15, 0.2) is 0 Å². The third kappa shape index (κ3) is 2.16. The molecule has 0 aliphatic heterocycles. The van der Waals surface area contributed by atoms with Gasteiger partial charge in [0.05, 0.1) is 6.10 Å². The van der Waals surface area contributed by atoms with Crippen molar-refractivity contribution in [1.29, 1.82) is 0 Å². The van der Waals surface area contributed by atoms with Crippen molar-refractivity contribution in [3.63, 3.8) is 0 Å². The summed E-state index contributed by atoms with van der Waals surface area (Å²) >= 11 is 0. The van der Waals surface area contributed by atoms with Crippen LogP contribution >= 0.6 is 0 Å². The fraction of sp³-hybridized carbons (Fsp3) is 0.471. The zero-order valence-corrected chi connectivity index (χ0v) is 12.4. The first-order valence-corrected chi connectivity index (χ1v) is 7.35. The molecule has 3 rings (SSSR count). The zero-order valence-electron chi connectivity index (χ0n) is 12.4. The van der Waals surface area contributed by atoms with Gasteiger partial charge < -0.3 is 10.1 Å². The largest absolute Gasteiger partial charge is 0.378 e. The molecule has 0 bridgehead atoms. The SMILES string of the molecule is CCOC1CC(Nc2nccc3ccccc23)C1(C)C. The van der Waals surface area contributed by atoms with E-state index in [1.807, 2.05) is 6.20 Å². The molecule has 1 aromatic heterocycles. The van der Waals surface area contributed by atoms with Crippen molar-refractivity contribution in [2.75, 3.05) is 11.9 Å². The van der Waals surface area contributed by atoms with E-state index < -0.39 is 0 Å². The van der Waals surface area contributed by atoms with Crippen molar-refractivity contribution in [1.82, 2.24) is 4.98 Å². The average Bonchev–Trinajstić information content (AvgIpc) is 2.46. The van der Waals surface area contributed by atoms with Gasteiger partial charge in [-0.1, -0.05) is 38.1 Å². The number of fused-ring (bicyclic) bond motifs is 1. The van der Waals surface area contributed by atoms with Gasteiger partial charge in [-0.3, -0.25) is 0 Å². The number of anilines is 1. The number of nitrogens with one attached hydrogen (secondary N) is 1. The van der Waals surface area contributed by atoms with Crippen molar-refractivity contribution in [3.05, 3.63) is 36.5 Å². The van der Waals surface area contributed by atoms with Gasteiger partial charge >= 0.3 is 0 Å². The molecule has 0 amide bonds. The van der Waals surface area contributed by atoms with Crippen LogP contribution in [-0.4, -0.2) is 23.7 Å². The highest BCUT2D eigenvalue weighted by Gasteiger charge is 2.49. The monoisotopic (exact) mass is 270 g/mol. The molecule has 1 heterocycles. The van der Waals surface area contributed by atoms with Gasteiger partial charge in [0.2, 0.25) is 0 Å². The molecule has 0 saturated heterocycles. The third-order valence-electron chi connectivity index (χ3n) is 4.53. The molecular weight excluding hydrogens is 248 g/mol. The highest BCUT2D eigenvalue weighted by molar-refractivity contribution is 5.91. The van der Waals surface area contributed by atoms with Crippen LogP contribution in [0.5, 0.6) is 0 Å². The van der Waals surface area contributed by atoms with E-state index in [9.17, 15) is 0 Å². The van der Waals surface area contributed by atoms with Crippen LogP contribution in [-0.2, 0) is 4.74 Å². The maximum absolute atomic E-state index is 5.79. The molecule has 2 unspecified atom stereocenters. The molecule has 106 valence electrons. The smallest absolute Gasteiger partial charge is 0.134 e. The first kappa shape index (κ1) is 13.4. The van der Waals surface area contributed by atoms with Gasteiger partial charge in [-0.25, -0.2) is 4.98 Å². The Kier molecular flexibility index (Phi) is 3.38. The second-order valence-electron chi connectivity index (χ2n) is 6.08. The summed E-state index contributed by atoms with van der Waals surface area (Å²) in [7, 11) is 0. The molecule has 1 aliphatic rings. The number of hydrogen-bond donors (Lipinski definition) is 1. The fourth-order valence-electron chi connectivity index (χ4n) is 3.01. The summed E-state index contributed by atoms with van der Waals surface area (Å²) in [5.41, 5.74) is 0.147. The molecular formula is C17H22N2O. The molecule has 1 N–H and O–H groups in total. The summed E-state index contributed by atoms with van der Waals surface area (Å²) in [5, 5.41) is 6.02. The van der Waals surface area contributed by atoms with Crippen LogP contribution in [0.4, 0.5) is 5.82 Å². The second-order valence-corrected chi connectivity index (χ2v) is 6.08. The Labute approximate surface area is 120 Å². The predicted molar refractivity (Wildman–Crippen MR) is 83.0 cm³/mol.